The molecule has 0 saturated heterocycles. The lowest BCUT2D eigenvalue weighted by Gasteiger charge is -2.07. The van der Waals surface area contributed by atoms with Crippen LogP contribution in [0.1, 0.15) is 11.3 Å². The van der Waals surface area contributed by atoms with Crippen LogP contribution in [0.3, 0.4) is 0 Å². The number of nitrogens with zero attached hydrogens (tertiary/aromatic N) is 2. The zero-order chi connectivity index (χ0) is 18.2. The Hall–Kier alpha value is -3.10. The summed E-state index contributed by atoms with van der Waals surface area (Å²) in [5, 5.41) is 9.31. The number of hydrogen-bond acceptors (Lipinski definition) is 4. The molecule has 0 aliphatic heterocycles. The fraction of sp³-hybridized carbons (Fsp3) is 0.0476. The maximum Gasteiger partial charge on any atom is 0.127 e. The van der Waals surface area contributed by atoms with Crippen LogP contribution in [0.4, 0.5) is 4.39 Å². The second-order valence-corrected chi connectivity index (χ2v) is 6.38. The average molecular weight is 362 g/mol. The lowest BCUT2D eigenvalue weighted by Crippen LogP contribution is -1.87. The maximum absolute atomic E-state index is 13.0. The average Bonchev–Trinajstić information content (AvgIpc) is 2.68. The molecule has 2 aromatic carbocycles. The van der Waals surface area contributed by atoms with Gasteiger partial charge in [0.25, 0.3) is 0 Å². The quantitative estimate of drug-likeness (QED) is 0.519. The molecule has 0 bridgehead atoms. The first kappa shape index (κ1) is 17.7. The molecule has 0 fully saturated rings. The van der Waals surface area contributed by atoms with E-state index < -0.39 is 0 Å². The summed E-state index contributed by atoms with van der Waals surface area (Å²) in [6.45, 7) is 0. The number of halogens is 1. The van der Waals surface area contributed by atoms with Gasteiger partial charge >= 0.3 is 0 Å². The van der Waals surface area contributed by atoms with Crippen LogP contribution in [-0.4, -0.2) is 4.98 Å². The number of aromatic nitrogens is 1. The number of benzene rings is 2. The molecule has 1 aromatic heterocycles. The second-order valence-electron chi connectivity index (χ2n) is 5.37. The molecular formula is C21H15FN2OS. The van der Waals surface area contributed by atoms with Crippen LogP contribution in [-0.2, 0) is 5.75 Å². The lowest BCUT2D eigenvalue weighted by molar-refractivity contribution is 0.480. The van der Waals surface area contributed by atoms with Gasteiger partial charge in [-0.1, -0.05) is 18.2 Å². The van der Waals surface area contributed by atoms with Crippen molar-refractivity contribution in [3.63, 3.8) is 0 Å². The number of pyridine rings is 1. The van der Waals surface area contributed by atoms with E-state index in [-0.39, 0.29) is 5.82 Å². The highest BCUT2D eigenvalue weighted by Crippen LogP contribution is 2.27. The van der Waals surface area contributed by atoms with Crippen molar-refractivity contribution in [1.29, 1.82) is 5.26 Å². The van der Waals surface area contributed by atoms with Crippen LogP contribution >= 0.6 is 11.8 Å². The fourth-order valence-corrected chi connectivity index (χ4v) is 2.97. The number of rotatable bonds is 6. The number of thioether (sulfide) groups is 1. The number of ether oxygens (including phenoxy) is 1. The van der Waals surface area contributed by atoms with Gasteiger partial charge in [-0.05, 0) is 60.2 Å². The van der Waals surface area contributed by atoms with Gasteiger partial charge in [-0.3, -0.25) is 4.98 Å². The SMILES string of the molecule is N#CC(=Cc1ccccn1)SCc1cccc(Oc2ccc(F)cc2)c1. The molecule has 0 radical (unpaired) electrons. The summed E-state index contributed by atoms with van der Waals surface area (Å²) >= 11 is 1.44. The van der Waals surface area contributed by atoms with Gasteiger partial charge in [-0.15, -0.1) is 11.8 Å². The van der Waals surface area contributed by atoms with Crippen molar-refractivity contribution in [3.05, 3.63) is 94.9 Å². The van der Waals surface area contributed by atoms with Crippen LogP contribution in [0.25, 0.3) is 6.08 Å². The molecule has 0 saturated carbocycles. The highest BCUT2D eigenvalue weighted by molar-refractivity contribution is 8.02. The van der Waals surface area contributed by atoms with Gasteiger partial charge in [0.15, 0.2) is 0 Å². The topological polar surface area (TPSA) is 45.9 Å². The van der Waals surface area contributed by atoms with E-state index in [1.165, 1.54) is 23.9 Å². The monoisotopic (exact) mass is 362 g/mol. The molecule has 0 unspecified atom stereocenters. The minimum absolute atomic E-state index is 0.300. The third-order valence-electron chi connectivity index (χ3n) is 3.42. The molecule has 5 heteroatoms. The van der Waals surface area contributed by atoms with Crippen molar-refractivity contribution < 1.29 is 9.13 Å². The van der Waals surface area contributed by atoms with Crippen molar-refractivity contribution in [2.75, 3.05) is 0 Å². The third-order valence-corrected chi connectivity index (χ3v) is 4.42. The number of allylic oxidation sites excluding steroid dienone is 1. The Morgan fingerprint density at radius 2 is 1.92 bits per heavy atom. The number of nitriles is 1. The minimum atomic E-state index is -0.300. The lowest BCUT2D eigenvalue weighted by atomic mass is 10.2. The molecule has 3 rings (SSSR count). The van der Waals surface area contributed by atoms with Crippen molar-refractivity contribution >= 4 is 17.8 Å². The zero-order valence-electron chi connectivity index (χ0n) is 13.8. The summed E-state index contributed by atoms with van der Waals surface area (Å²) in [4.78, 5) is 4.79. The molecule has 0 N–H and O–H groups in total. The Balaban J connectivity index is 1.65. The molecule has 0 amide bonds. The van der Waals surface area contributed by atoms with E-state index in [0.29, 0.717) is 22.2 Å². The van der Waals surface area contributed by atoms with Gasteiger partial charge in [0, 0.05) is 11.9 Å². The van der Waals surface area contributed by atoms with Crippen LogP contribution < -0.4 is 4.74 Å². The molecule has 128 valence electrons. The predicted octanol–water partition coefficient (Wildman–Crippen LogP) is 5.81. The smallest absolute Gasteiger partial charge is 0.127 e. The predicted molar refractivity (Wildman–Crippen MR) is 102 cm³/mol. The number of hydrogen-bond donors (Lipinski definition) is 0. The Morgan fingerprint density at radius 1 is 1.08 bits per heavy atom. The normalized spacial score (nSPS) is 11.0. The van der Waals surface area contributed by atoms with E-state index in [4.69, 9.17) is 4.74 Å². The molecular weight excluding hydrogens is 347 g/mol. The zero-order valence-corrected chi connectivity index (χ0v) is 14.6. The Morgan fingerprint density at radius 3 is 2.65 bits per heavy atom. The fourth-order valence-electron chi connectivity index (χ4n) is 2.20. The van der Waals surface area contributed by atoms with Gasteiger partial charge in [-0.25, -0.2) is 4.39 Å². The summed E-state index contributed by atoms with van der Waals surface area (Å²) < 4.78 is 18.7. The van der Waals surface area contributed by atoms with E-state index in [2.05, 4.69) is 11.1 Å². The van der Waals surface area contributed by atoms with Gasteiger partial charge in [0.1, 0.15) is 23.4 Å². The van der Waals surface area contributed by atoms with E-state index in [1.54, 1.807) is 24.4 Å². The van der Waals surface area contributed by atoms with E-state index in [0.717, 1.165) is 11.3 Å². The first-order chi connectivity index (χ1) is 12.7. The van der Waals surface area contributed by atoms with Crippen LogP contribution in [0, 0.1) is 17.1 Å². The molecule has 0 atom stereocenters. The molecule has 1 heterocycles. The van der Waals surface area contributed by atoms with Crippen molar-refractivity contribution in [3.8, 4) is 17.6 Å². The van der Waals surface area contributed by atoms with Crippen LogP contribution in [0.15, 0.2) is 77.8 Å². The molecule has 3 aromatic rings. The summed E-state index contributed by atoms with van der Waals surface area (Å²) in [7, 11) is 0. The Bertz CT molecular complexity index is 934. The third kappa shape index (κ3) is 5.20. The van der Waals surface area contributed by atoms with Gasteiger partial charge in [0.05, 0.1) is 10.6 Å². The summed E-state index contributed by atoms with van der Waals surface area (Å²) in [5.41, 5.74) is 1.78. The van der Waals surface area contributed by atoms with E-state index >= 15 is 0 Å². The molecule has 3 nitrogen and oxygen atoms in total. The van der Waals surface area contributed by atoms with E-state index in [9.17, 15) is 9.65 Å². The second kappa shape index (κ2) is 8.84. The summed E-state index contributed by atoms with van der Waals surface area (Å²) in [6.07, 6.45) is 3.46. The Labute approximate surface area is 155 Å². The highest BCUT2D eigenvalue weighted by atomic mass is 32.2. The van der Waals surface area contributed by atoms with E-state index in [1.807, 2.05) is 42.5 Å². The first-order valence-electron chi connectivity index (χ1n) is 7.91. The molecule has 0 aliphatic rings. The highest BCUT2D eigenvalue weighted by Gasteiger charge is 2.03. The standard InChI is InChI=1S/C21H15FN2OS/c22-17-7-9-19(10-8-17)25-20-6-3-4-16(12-20)15-26-21(14-23)13-18-5-1-2-11-24-18/h1-13H,15H2. The minimum Gasteiger partial charge on any atom is -0.457 e. The Kier molecular flexibility index (Phi) is 6.02. The first-order valence-corrected chi connectivity index (χ1v) is 8.89. The van der Waals surface area contributed by atoms with Gasteiger partial charge in [0.2, 0.25) is 0 Å². The molecule has 0 spiro atoms. The largest absolute Gasteiger partial charge is 0.457 e. The molecule has 0 aliphatic carbocycles. The molecule has 26 heavy (non-hydrogen) atoms. The van der Waals surface area contributed by atoms with Crippen molar-refractivity contribution in [1.82, 2.24) is 4.98 Å². The van der Waals surface area contributed by atoms with Crippen LogP contribution in [0.2, 0.25) is 0 Å². The maximum atomic E-state index is 13.0. The van der Waals surface area contributed by atoms with Crippen molar-refractivity contribution in [2.24, 2.45) is 0 Å². The van der Waals surface area contributed by atoms with Crippen LogP contribution in [0.5, 0.6) is 11.5 Å². The summed E-state index contributed by atoms with van der Waals surface area (Å²) in [6, 6.07) is 21.3. The van der Waals surface area contributed by atoms with Gasteiger partial charge < -0.3 is 4.74 Å². The van der Waals surface area contributed by atoms with Gasteiger partial charge in [-0.2, -0.15) is 5.26 Å². The summed E-state index contributed by atoms with van der Waals surface area (Å²) in [5.74, 6) is 1.57. The van der Waals surface area contributed by atoms with Crippen molar-refractivity contribution in [2.45, 2.75) is 5.75 Å².